The lowest BCUT2D eigenvalue weighted by molar-refractivity contribution is 0.0529. The second kappa shape index (κ2) is 11.9. The van der Waals surface area contributed by atoms with Crippen molar-refractivity contribution in [2.45, 2.75) is 52.9 Å². The Morgan fingerprint density at radius 2 is 2.12 bits per heavy atom. The number of halogens is 1. The maximum absolute atomic E-state index is 10.9. The molecule has 0 amide bonds. The molecule has 0 spiro atoms. The smallest absolute Gasteiger partial charge is 0.191 e. The lowest BCUT2D eigenvalue weighted by Crippen LogP contribution is -2.44. The molecule has 0 aromatic carbocycles. The maximum atomic E-state index is 10.9. The first-order chi connectivity index (χ1) is 14.8. The van der Waals surface area contributed by atoms with Crippen LogP contribution in [0.4, 0.5) is 5.82 Å². The molecule has 0 saturated carbocycles. The molecule has 0 bridgehead atoms. The fourth-order valence-corrected chi connectivity index (χ4v) is 3.75. The van der Waals surface area contributed by atoms with Crippen LogP contribution >= 0.6 is 24.0 Å². The van der Waals surface area contributed by atoms with E-state index in [1.54, 1.807) is 6.92 Å². The summed E-state index contributed by atoms with van der Waals surface area (Å²) in [4.78, 5) is 11.5. The summed E-state index contributed by atoms with van der Waals surface area (Å²) in [5, 5.41) is 17.4. The van der Waals surface area contributed by atoms with Crippen LogP contribution < -0.4 is 15.5 Å². The molecule has 32 heavy (non-hydrogen) atoms. The van der Waals surface area contributed by atoms with Gasteiger partial charge in [0.2, 0.25) is 0 Å². The number of aliphatic imine (C=N–C) groups is 1. The van der Waals surface area contributed by atoms with Crippen molar-refractivity contribution in [1.29, 1.82) is 0 Å². The van der Waals surface area contributed by atoms with Crippen molar-refractivity contribution in [3.8, 4) is 0 Å². The molecular weight excluding hydrogens is 521 g/mol. The number of ether oxygens (including phenoxy) is 1. The first-order valence-corrected chi connectivity index (χ1v) is 10.9. The summed E-state index contributed by atoms with van der Waals surface area (Å²) in [6.07, 6.45) is 2.09. The second-order valence-electron chi connectivity index (χ2n) is 8.30. The molecule has 3 rings (SSSR count). The molecule has 1 fully saturated rings. The first kappa shape index (κ1) is 26.4. The summed E-state index contributed by atoms with van der Waals surface area (Å²) in [6, 6.07) is 5.98. The van der Waals surface area contributed by atoms with E-state index in [4.69, 9.17) is 9.15 Å². The number of aliphatic hydroxyl groups is 1. The molecule has 8 nitrogen and oxygen atoms in total. The van der Waals surface area contributed by atoms with Crippen LogP contribution in [0.2, 0.25) is 0 Å². The van der Waals surface area contributed by atoms with E-state index in [1.807, 2.05) is 39.1 Å². The number of pyridine rings is 1. The van der Waals surface area contributed by atoms with E-state index in [-0.39, 0.29) is 30.1 Å². The summed E-state index contributed by atoms with van der Waals surface area (Å²) in [7, 11) is 0. The highest BCUT2D eigenvalue weighted by molar-refractivity contribution is 14.0. The predicted octanol–water partition coefficient (Wildman–Crippen LogP) is 3.10. The van der Waals surface area contributed by atoms with Crippen molar-refractivity contribution in [1.82, 2.24) is 15.6 Å². The molecule has 3 heterocycles. The highest BCUT2D eigenvalue weighted by atomic mass is 127. The zero-order valence-electron chi connectivity index (χ0n) is 19.6. The van der Waals surface area contributed by atoms with Crippen molar-refractivity contribution in [2.75, 3.05) is 37.7 Å². The van der Waals surface area contributed by atoms with Gasteiger partial charge in [0.15, 0.2) is 5.96 Å². The fraction of sp³-hybridized carbons (Fsp3) is 0.565. The van der Waals surface area contributed by atoms with Crippen molar-refractivity contribution >= 4 is 35.8 Å². The van der Waals surface area contributed by atoms with E-state index in [0.29, 0.717) is 19.0 Å². The molecule has 2 atom stereocenters. The molecule has 2 aromatic heterocycles. The van der Waals surface area contributed by atoms with Gasteiger partial charge in [-0.2, -0.15) is 0 Å². The third-order valence-corrected chi connectivity index (χ3v) is 5.36. The van der Waals surface area contributed by atoms with Gasteiger partial charge in [-0.3, -0.25) is 0 Å². The highest BCUT2D eigenvalue weighted by Crippen LogP contribution is 2.26. The number of aromatic nitrogens is 1. The number of nitrogens with one attached hydrogen (secondary N) is 2. The Kier molecular flexibility index (Phi) is 9.78. The Bertz CT molecular complexity index is 882. The Morgan fingerprint density at radius 3 is 2.72 bits per heavy atom. The van der Waals surface area contributed by atoms with Crippen LogP contribution in [0.15, 0.2) is 33.8 Å². The van der Waals surface area contributed by atoms with Crippen LogP contribution in [0.1, 0.15) is 43.4 Å². The van der Waals surface area contributed by atoms with Crippen molar-refractivity contribution in [3.05, 3.63) is 47.0 Å². The van der Waals surface area contributed by atoms with E-state index < -0.39 is 5.60 Å². The number of furan rings is 1. The zero-order chi connectivity index (χ0) is 22.4. The Morgan fingerprint density at radius 1 is 1.34 bits per heavy atom. The van der Waals surface area contributed by atoms with E-state index in [0.717, 1.165) is 54.7 Å². The van der Waals surface area contributed by atoms with Gasteiger partial charge in [-0.05, 0) is 52.3 Å². The third-order valence-electron chi connectivity index (χ3n) is 5.36. The van der Waals surface area contributed by atoms with Gasteiger partial charge < -0.3 is 29.8 Å². The molecule has 1 saturated heterocycles. The normalized spacial score (nSPS) is 18.6. The Hall–Kier alpha value is -1.85. The average molecular weight is 557 g/mol. The summed E-state index contributed by atoms with van der Waals surface area (Å²) in [6.45, 7) is 13.6. The number of hydrogen-bond acceptors (Lipinski definition) is 6. The van der Waals surface area contributed by atoms with E-state index in [2.05, 4.69) is 38.5 Å². The number of morpholine rings is 1. The Balaban J connectivity index is 0.00000363. The maximum Gasteiger partial charge on any atom is 0.191 e. The van der Waals surface area contributed by atoms with E-state index in [1.165, 1.54) is 0 Å². The van der Waals surface area contributed by atoms with Gasteiger partial charge in [0.25, 0.3) is 0 Å². The SMILES string of the molecule is CCNC(=NCc1ccc(N2CCOC(C)C2)nc1)NCC(C)(O)c1cc(C)oc1C.I. The minimum absolute atomic E-state index is 0. The van der Waals surface area contributed by atoms with Gasteiger partial charge in [0.05, 0.1) is 25.8 Å². The number of nitrogens with zero attached hydrogens (tertiary/aromatic N) is 3. The van der Waals surface area contributed by atoms with Gasteiger partial charge in [-0.15, -0.1) is 24.0 Å². The molecule has 1 aliphatic rings. The third kappa shape index (κ3) is 7.08. The number of aryl methyl sites for hydroxylation is 2. The monoisotopic (exact) mass is 557 g/mol. The largest absolute Gasteiger partial charge is 0.466 e. The summed E-state index contributed by atoms with van der Waals surface area (Å²) in [5.41, 5.74) is 0.733. The van der Waals surface area contributed by atoms with Gasteiger partial charge in [-0.25, -0.2) is 9.98 Å². The van der Waals surface area contributed by atoms with Crippen molar-refractivity contribution in [2.24, 2.45) is 4.99 Å². The average Bonchev–Trinajstić information content (AvgIpc) is 3.09. The lowest BCUT2D eigenvalue weighted by Gasteiger charge is -2.32. The molecule has 178 valence electrons. The summed E-state index contributed by atoms with van der Waals surface area (Å²) < 4.78 is 11.2. The molecular formula is C23H36IN5O3. The molecule has 2 unspecified atom stereocenters. The van der Waals surface area contributed by atoms with Crippen LogP contribution in [0.3, 0.4) is 0 Å². The van der Waals surface area contributed by atoms with E-state index >= 15 is 0 Å². The first-order valence-electron chi connectivity index (χ1n) is 10.9. The molecule has 9 heteroatoms. The van der Waals surface area contributed by atoms with Crippen molar-refractivity contribution < 1.29 is 14.3 Å². The highest BCUT2D eigenvalue weighted by Gasteiger charge is 2.28. The van der Waals surface area contributed by atoms with Crippen LogP contribution in [0.5, 0.6) is 0 Å². The number of guanidine groups is 1. The van der Waals surface area contributed by atoms with Gasteiger partial charge >= 0.3 is 0 Å². The molecule has 3 N–H and O–H groups in total. The zero-order valence-corrected chi connectivity index (χ0v) is 22.0. The number of anilines is 1. The van der Waals surface area contributed by atoms with Crippen LogP contribution in [0.25, 0.3) is 0 Å². The molecule has 0 radical (unpaired) electrons. The van der Waals surface area contributed by atoms with E-state index in [9.17, 15) is 5.11 Å². The number of rotatable bonds is 7. The number of hydrogen-bond donors (Lipinski definition) is 3. The fourth-order valence-electron chi connectivity index (χ4n) is 3.75. The quantitative estimate of drug-likeness (QED) is 0.274. The van der Waals surface area contributed by atoms with Crippen molar-refractivity contribution in [3.63, 3.8) is 0 Å². The van der Waals surface area contributed by atoms with Crippen LogP contribution in [-0.2, 0) is 16.9 Å². The summed E-state index contributed by atoms with van der Waals surface area (Å²) >= 11 is 0. The summed E-state index contributed by atoms with van der Waals surface area (Å²) in [5.74, 6) is 3.13. The van der Waals surface area contributed by atoms with Crippen LogP contribution in [0, 0.1) is 13.8 Å². The minimum atomic E-state index is -1.07. The molecule has 0 aliphatic carbocycles. The topological polar surface area (TPSA) is 95.2 Å². The second-order valence-corrected chi connectivity index (χ2v) is 8.30. The minimum Gasteiger partial charge on any atom is -0.466 e. The van der Waals surface area contributed by atoms with Gasteiger partial charge in [0.1, 0.15) is 22.9 Å². The molecule has 2 aromatic rings. The predicted molar refractivity (Wildman–Crippen MR) is 138 cm³/mol. The van der Waals surface area contributed by atoms with Crippen LogP contribution in [-0.4, -0.2) is 54.9 Å². The standard InChI is InChI=1S/C23H35N5O3.HI/c1-6-24-22(27-15-23(5,29)20-11-16(2)31-18(20)4)26-13-19-7-8-21(25-12-19)28-9-10-30-17(3)14-28;/h7-8,11-12,17,29H,6,9-10,13-15H2,1-5H3,(H2,24,26,27);1H. The lowest BCUT2D eigenvalue weighted by atomic mass is 9.96. The Labute approximate surface area is 207 Å². The van der Waals surface area contributed by atoms with Gasteiger partial charge in [-0.1, -0.05) is 6.07 Å². The molecule has 1 aliphatic heterocycles. The van der Waals surface area contributed by atoms with Gasteiger partial charge in [0, 0.05) is 31.4 Å².